The first-order valence-electron chi connectivity index (χ1n) is 6.82. The minimum Gasteiger partial charge on any atom is -0.456 e. The summed E-state index contributed by atoms with van der Waals surface area (Å²) < 4.78 is 18.6. The number of anilines is 1. The smallest absolute Gasteiger partial charge is 0.254 e. The van der Waals surface area contributed by atoms with Crippen LogP contribution in [0.5, 0.6) is 11.5 Å². The number of carbonyl (C=O) groups is 1. The quantitative estimate of drug-likeness (QED) is 0.673. The Kier molecular flexibility index (Phi) is 4.09. The molecule has 0 bridgehead atoms. The number of nitrogens with two attached hydrogens (primary N) is 2. The Hall–Kier alpha value is -3.06. The molecule has 1 heterocycles. The maximum Gasteiger partial charge on any atom is 0.254 e. The first kappa shape index (κ1) is 15.8. The number of nitrogens with one attached hydrogen (secondary N) is 1. The van der Waals surface area contributed by atoms with Gasteiger partial charge in [0.2, 0.25) is 0 Å². The van der Waals surface area contributed by atoms with Crippen molar-refractivity contribution >= 4 is 23.3 Å². The second-order valence-electron chi connectivity index (χ2n) is 4.93. The van der Waals surface area contributed by atoms with E-state index in [1.165, 1.54) is 12.1 Å². The zero-order valence-corrected chi connectivity index (χ0v) is 13.0. The fourth-order valence-electron chi connectivity index (χ4n) is 2.18. The minimum atomic E-state index is -0.672. The van der Waals surface area contributed by atoms with Gasteiger partial charge in [0.25, 0.3) is 5.91 Å². The summed E-state index contributed by atoms with van der Waals surface area (Å²) in [5, 5.41) is 6.68. The van der Waals surface area contributed by atoms with Gasteiger partial charge in [0.05, 0.1) is 5.02 Å². The van der Waals surface area contributed by atoms with Crippen LogP contribution in [0.1, 0.15) is 10.4 Å². The third kappa shape index (κ3) is 3.02. The second-order valence-corrected chi connectivity index (χ2v) is 5.33. The van der Waals surface area contributed by atoms with Crippen molar-refractivity contribution in [2.45, 2.75) is 0 Å². The first-order chi connectivity index (χ1) is 11.5. The zero-order valence-electron chi connectivity index (χ0n) is 12.2. The Morgan fingerprint density at radius 3 is 2.54 bits per heavy atom. The van der Waals surface area contributed by atoms with Crippen molar-refractivity contribution in [3.8, 4) is 22.8 Å². The van der Waals surface area contributed by atoms with Crippen molar-refractivity contribution in [3.63, 3.8) is 0 Å². The van der Waals surface area contributed by atoms with Crippen molar-refractivity contribution in [1.29, 1.82) is 0 Å². The lowest BCUT2D eigenvalue weighted by Gasteiger charge is -2.08. The maximum atomic E-state index is 13.0. The average molecular weight is 347 g/mol. The molecule has 0 fully saturated rings. The highest BCUT2D eigenvalue weighted by atomic mass is 35.5. The van der Waals surface area contributed by atoms with Gasteiger partial charge in [-0.1, -0.05) is 11.6 Å². The SMILES string of the molecule is NC(=O)c1c(-c2ccc(Oc3ccc(F)cc3Cl)cc2)n[nH]c1N. The molecule has 2 aromatic carbocycles. The van der Waals surface area contributed by atoms with Crippen molar-refractivity contribution in [2.24, 2.45) is 5.73 Å². The Labute approximate surface area is 141 Å². The normalized spacial score (nSPS) is 10.6. The molecule has 3 aromatic rings. The van der Waals surface area contributed by atoms with E-state index >= 15 is 0 Å². The number of primary amides is 1. The molecule has 0 spiro atoms. The summed E-state index contributed by atoms with van der Waals surface area (Å²) in [6.45, 7) is 0. The van der Waals surface area contributed by atoms with Crippen LogP contribution in [-0.4, -0.2) is 16.1 Å². The Bertz CT molecular complexity index is 909. The van der Waals surface area contributed by atoms with E-state index in [1.54, 1.807) is 24.3 Å². The van der Waals surface area contributed by atoms with Crippen LogP contribution in [0.15, 0.2) is 42.5 Å². The van der Waals surface area contributed by atoms with Crippen LogP contribution < -0.4 is 16.2 Å². The molecular formula is C16H12ClFN4O2. The summed E-state index contributed by atoms with van der Waals surface area (Å²) in [6, 6.07) is 10.5. The molecular weight excluding hydrogens is 335 g/mol. The number of H-pyrrole nitrogens is 1. The Morgan fingerprint density at radius 1 is 1.21 bits per heavy atom. The van der Waals surface area contributed by atoms with Crippen LogP contribution in [-0.2, 0) is 0 Å². The largest absolute Gasteiger partial charge is 0.456 e. The number of rotatable bonds is 4. The van der Waals surface area contributed by atoms with E-state index in [-0.39, 0.29) is 16.4 Å². The minimum absolute atomic E-state index is 0.107. The van der Waals surface area contributed by atoms with E-state index in [0.29, 0.717) is 22.8 Å². The number of aromatic nitrogens is 2. The van der Waals surface area contributed by atoms with Gasteiger partial charge in [-0.25, -0.2) is 4.39 Å². The molecule has 6 nitrogen and oxygen atoms in total. The second kappa shape index (κ2) is 6.21. The lowest BCUT2D eigenvalue weighted by Crippen LogP contribution is -2.13. The van der Waals surface area contributed by atoms with Crippen molar-refractivity contribution in [3.05, 3.63) is 58.9 Å². The van der Waals surface area contributed by atoms with Gasteiger partial charge >= 0.3 is 0 Å². The molecule has 0 saturated carbocycles. The van der Waals surface area contributed by atoms with E-state index in [4.69, 9.17) is 27.8 Å². The lowest BCUT2D eigenvalue weighted by atomic mass is 10.1. The summed E-state index contributed by atoms with van der Waals surface area (Å²) in [4.78, 5) is 11.5. The molecule has 0 atom stereocenters. The van der Waals surface area contributed by atoms with Crippen molar-refractivity contribution < 1.29 is 13.9 Å². The number of nitrogen functional groups attached to an aromatic ring is 1. The van der Waals surface area contributed by atoms with Crippen LogP contribution in [0.25, 0.3) is 11.3 Å². The van der Waals surface area contributed by atoms with Crippen LogP contribution >= 0.6 is 11.6 Å². The summed E-state index contributed by atoms with van der Waals surface area (Å²) >= 11 is 5.92. The standard InChI is InChI=1S/C16H12ClFN4O2/c17-11-7-9(18)3-6-12(11)24-10-4-1-8(2-5-10)14-13(16(20)23)15(19)22-21-14/h1-7H,(H2,20,23)(H3,19,21,22). The molecule has 3 rings (SSSR count). The van der Waals surface area contributed by atoms with Crippen LogP contribution in [0.3, 0.4) is 0 Å². The van der Waals surface area contributed by atoms with E-state index in [9.17, 15) is 9.18 Å². The summed E-state index contributed by atoms with van der Waals surface area (Å²) in [5.41, 5.74) is 12.1. The number of benzene rings is 2. The number of halogens is 2. The molecule has 122 valence electrons. The zero-order chi connectivity index (χ0) is 17.3. The van der Waals surface area contributed by atoms with E-state index in [0.717, 1.165) is 6.07 Å². The lowest BCUT2D eigenvalue weighted by molar-refractivity contribution is 0.100. The van der Waals surface area contributed by atoms with Crippen molar-refractivity contribution in [1.82, 2.24) is 10.2 Å². The third-order valence-corrected chi connectivity index (χ3v) is 3.59. The highest BCUT2D eigenvalue weighted by Gasteiger charge is 2.17. The predicted molar refractivity (Wildman–Crippen MR) is 88.4 cm³/mol. The highest BCUT2D eigenvalue weighted by molar-refractivity contribution is 6.32. The van der Waals surface area contributed by atoms with Crippen LogP contribution in [0, 0.1) is 5.82 Å². The Morgan fingerprint density at radius 2 is 1.92 bits per heavy atom. The number of amides is 1. The molecule has 1 amide bonds. The monoisotopic (exact) mass is 346 g/mol. The van der Waals surface area contributed by atoms with Crippen LogP contribution in [0.4, 0.5) is 10.2 Å². The summed E-state index contributed by atoms with van der Waals surface area (Å²) in [5.74, 6) is -0.201. The van der Waals surface area contributed by atoms with E-state index in [2.05, 4.69) is 10.2 Å². The van der Waals surface area contributed by atoms with Gasteiger partial charge in [0.15, 0.2) is 0 Å². The van der Waals surface area contributed by atoms with Gasteiger partial charge in [0.1, 0.15) is 34.4 Å². The average Bonchev–Trinajstić information content (AvgIpc) is 2.93. The molecule has 0 radical (unpaired) electrons. The highest BCUT2D eigenvalue weighted by Crippen LogP contribution is 2.32. The number of carbonyl (C=O) groups excluding carboxylic acids is 1. The maximum absolute atomic E-state index is 13.0. The summed E-state index contributed by atoms with van der Waals surface area (Å²) in [6.07, 6.45) is 0. The van der Waals surface area contributed by atoms with Gasteiger partial charge in [-0.3, -0.25) is 9.89 Å². The molecule has 5 N–H and O–H groups in total. The molecule has 0 unspecified atom stereocenters. The topological polar surface area (TPSA) is 107 Å². The fourth-order valence-corrected chi connectivity index (χ4v) is 2.39. The van der Waals surface area contributed by atoms with Gasteiger partial charge in [0, 0.05) is 5.56 Å². The van der Waals surface area contributed by atoms with Gasteiger partial charge in [-0.05, 0) is 42.5 Å². The molecule has 1 aromatic heterocycles. The fraction of sp³-hybridized carbons (Fsp3) is 0. The molecule has 0 aliphatic carbocycles. The number of hydrogen-bond acceptors (Lipinski definition) is 4. The molecule has 0 saturated heterocycles. The van der Waals surface area contributed by atoms with Gasteiger partial charge in [-0.2, -0.15) is 5.10 Å². The molecule has 24 heavy (non-hydrogen) atoms. The predicted octanol–water partition coefficient (Wildman–Crippen LogP) is 3.34. The van der Waals surface area contributed by atoms with Crippen LogP contribution in [0.2, 0.25) is 5.02 Å². The number of nitrogens with zero attached hydrogens (tertiary/aromatic N) is 1. The van der Waals surface area contributed by atoms with Gasteiger partial charge in [-0.15, -0.1) is 0 Å². The number of hydrogen-bond donors (Lipinski definition) is 3. The summed E-state index contributed by atoms with van der Waals surface area (Å²) in [7, 11) is 0. The molecule has 0 aliphatic rings. The Balaban J connectivity index is 1.87. The van der Waals surface area contributed by atoms with Gasteiger partial charge < -0.3 is 16.2 Å². The third-order valence-electron chi connectivity index (χ3n) is 3.29. The first-order valence-corrected chi connectivity index (χ1v) is 7.20. The number of ether oxygens (including phenoxy) is 1. The van der Waals surface area contributed by atoms with Crippen molar-refractivity contribution in [2.75, 3.05) is 5.73 Å². The molecule has 8 heteroatoms. The van der Waals surface area contributed by atoms with E-state index < -0.39 is 11.7 Å². The number of aromatic amines is 1. The van der Waals surface area contributed by atoms with E-state index in [1.807, 2.05) is 0 Å². The molecule has 0 aliphatic heterocycles.